The van der Waals surface area contributed by atoms with Crippen LogP contribution in [0.1, 0.15) is 5.56 Å². The van der Waals surface area contributed by atoms with Gasteiger partial charge in [0.25, 0.3) is 0 Å². The third-order valence-electron chi connectivity index (χ3n) is 1.40. The van der Waals surface area contributed by atoms with E-state index in [0.29, 0.717) is 5.56 Å². The standard InChI is InChI=1S/C8H8O4.H2O4S/c9-6-2-1-5(3-7(6)10)4-8(11)12;1-5(2,3)4/h1-3,9-10H,4H2,(H,11,12);(H2,1,2,3,4). The summed E-state index contributed by atoms with van der Waals surface area (Å²) in [5.74, 6) is -1.52. The number of aromatic hydroxyl groups is 2. The lowest BCUT2D eigenvalue weighted by atomic mass is 10.1. The fourth-order valence-electron chi connectivity index (χ4n) is 0.854. The Bertz CT molecular complexity index is 484. The summed E-state index contributed by atoms with van der Waals surface area (Å²) < 4.78 is 31.6. The molecule has 0 unspecified atom stereocenters. The van der Waals surface area contributed by atoms with Crippen LogP contribution >= 0.6 is 0 Å². The van der Waals surface area contributed by atoms with Crippen LogP contribution in [0.2, 0.25) is 0 Å². The topological polar surface area (TPSA) is 152 Å². The smallest absolute Gasteiger partial charge is 0.394 e. The zero-order valence-corrected chi connectivity index (χ0v) is 9.12. The maximum absolute atomic E-state index is 10.2. The van der Waals surface area contributed by atoms with Crippen molar-refractivity contribution in [2.45, 2.75) is 6.42 Å². The van der Waals surface area contributed by atoms with Crippen LogP contribution in [-0.2, 0) is 21.6 Å². The van der Waals surface area contributed by atoms with E-state index < -0.39 is 16.4 Å². The fraction of sp³-hybridized carbons (Fsp3) is 0.125. The number of aliphatic carboxylic acids is 1. The van der Waals surface area contributed by atoms with Crippen LogP contribution in [-0.4, -0.2) is 38.8 Å². The average molecular weight is 266 g/mol. The molecule has 0 radical (unpaired) electrons. The van der Waals surface area contributed by atoms with Crippen molar-refractivity contribution in [2.24, 2.45) is 0 Å². The third-order valence-corrected chi connectivity index (χ3v) is 1.40. The quantitative estimate of drug-likeness (QED) is 0.372. The van der Waals surface area contributed by atoms with Gasteiger partial charge in [-0.15, -0.1) is 0 Å². The second-order valence-corrected chi connectivity index (χ2v) is 3.74. The number of hydrogen-bond donors (Lipinski definition) is 5. The highest BCUT2D eigenvalue weighted by atomic mass is 32.3. The zero-order chi connectivity index (χ0) is 13.6. The van der Waals surface area contributed by atoms with Crippen molar-refractivity contribution in [3.63, 3.8) is 0 Å². The van der Waals surface area contributed by atoms with Gasteiger partial charge in [-0.2, -0.15) is 8.42 Å². The molecule has 0 bridgehead atoms. The molecule has 0 atom stereocenters. The molecule has 1 rings (SSSR count). The Hall–Kier alpha value is -1.84. The summed E-state index contributed by atoms with van der Waals surface area (Å²) in [6.45, 7) is 0. The van der Waals surface area contributed by atoms with E-state index in [1.165, 1.54) is 18.2 Å². The Balaban J connectivity index is 0.000000437. The SMILES string of the molecule is O=C(O)Cc1ccc(O)c(O)c1.O=S(=O)(O)O. The van der Waals surface area contributed by atoms with Crippen molar-refractivity contribution in [3.05, 3.63) is 23.8 Å². The highest BCUT2D eigenvalue weighted by Gasteiger charge is 2.03. The monoisotopic (exact) mass is 266 g/mol. The van der Waals surface area contributed by atoms with Gasteiger partial charge in [-0.05, 0) is 17.7 Å². The molecule has 0 spiro atoms. The van der Waals surface area contributed by atoms with Gasteiger partial charge in [-0.3, -0.25) is 13.9 Å². The summed E-state index contributed by atoms with van der Waals surface area (Å²) in [7, 11) is -4.67. The minimum atomic E-state index is -4.67. The molecule has 0 saturated carbocycles. The first kappa shape index (κ1) is 15.2. The van der Waals surface area contributed by atoms with E-state index in [0.717, 1.165) is 0 Å². The lowest BCUT2D eigenvalue weighted by molar-refractivity contribution is -0.136. The predicted octanol–water partition coefficient (Wildman–Crippen LogP) is 0.0721. The molecule has 0 amide bonds. The first-order chi connectivity index (χ1) is 7.59. The van der Waals surface area contributed by atoms with Crippen LogP contribution in [0.25, 0.3) is 0 Å². The lowest BCUT2D eigenvalue weighted by Crippen LogP contribution is -1.99. The summed E-state index contributed by atoms with van der Waals surface area (Å²) in [5, 5.41) is 26.2. The van der Waals surface area contributed by atoms with Gasteiger partial charge in [0.1, 0.15) is 0 Å². The summed E-state index contributed by atoms with van der Waals surface area (Å²) in [6, 6.07) is 3.93. The summed E-state index contributed by atoms with van der Waals surface area (Å²) in [5.41, 5.74) is 0.456. The minimum absolute atomic E-state index is 0.159. The van der Waals surface area contributed by atoms with Gasteiger partial charge in [-0.25, -0.2) is 0 Å². The van der Waals surface area contributed by atoms with E-state index in [9.17, 15) is 4.79 Å². The van der Waals surface area contributed by atoms with Gasteiger partial charge in [0.15, 0.2) is 11.5 Å². The molecule has 96 valence electrons. The van der Waals surface area contributed by atoms with E-state index >= 15 is 0 Å². The van der Waals surface area contributed by atoms with E-state index in [1.807, 2.05) is 0 Å². The van der Waals surface area contributed by atoms with Crippen molar-refractivity contribution in [2.75, 3.05) is 0 Å². The molecule has 9 heteroatoms. The summed E-state index contributed by atoms with van der Waals surface area (Å²) in [6.07, 6.45) is -0.159. The first-order valence-electron chi connectivity index (χ1n) is 4.02. The van der Waals surface area contributed by atoms with Crippen molar-refractivity contribution in [3.8, 4) is 11.5 Å². The number of carboxylic acid groups (broad SMARTS) is 1. The van der Waals surface area contributed by atoms with Gasteiger partial charge in [-0.1, -0.05) is 6.07 Å². The Labute approximate surface area is 96.3 Å². The molecule has 8 nitrogen and oxygen atoms in total. The second kappa shape index (κ2) is 6.03. The second-order valence-electron chi connectivity index (χ2n) is 2.84. The normalized spacial score (nSPS) is 10.2. The molecule has 1 aromatic carbocycles. The summed E-state index contributed by atoms with van der Waals surface area (Å²) in [4.78, 5) is 10.2. The van der Waals surface area contributed by atoms with Gasteiger partial charge in [0.05, 0.1) is 6.42 Å². The Morgan fingerprint density at radius 1 is 1.12 bits per heavy atom. The Morgan fingerprint density at radius 2 is 1.59 bits per heavy atom. The highest BCUT2D eigenvalue weighted by molar-refractivity contribution is 7.79. The average Bonchev–Trinajstić information content (AvgIpc) is 2.07. The van der Waals surface area contributed by atoms with Crippen LogP contribution < -0.4 is 0 Å². The molecule has 0 saturated heterocycles. The number of phenols is 2. The van der Waals surface area contributed by atoms with Crippen LogP contribution in [0.15, 0.2) is 18.2 Å². The van der Waals surface area contributed by atoms with Gasteiger partial charge < -0.3 is 15.3 Å². The first-order valence-corrected chi connectivity index (χ1v) is 5.42. The Morgan fingerprint density at radius 3 is 1.94 bits per heavy atom. The van der Waals surface area contributed by atoms with E-state index in [2.05, 4.69) is 0 Å². The highest BCUT2D eigenvalue weighted by Crippen LogP contribution is 2.24. The van der Waals surface area contributed by atoms with Crippen LogP contribution in [0, 0.1) is 0 Å². The number of carbonyl (C=O) groups is 1. The van der Waals surface area contributed by atoms with Crippen LogP contribution in [0.4, 0.5) is 0 Å². The number of rotatable bonds is 2. The molecule has 1 aromatic rings. The molecule has 0 aliphatic heterocycles. The third kappa shape index (κ3) is 9.11. The van der Waals surface area contributed by atoms with Crippen molar-refractivity contribution in [1.82, 2.24) is 0 Å². The van der Waals surface area contributed by atoms with Gasteiger partial charge >= 0.3 is 16.4 Å². The van der Waals surface area contributed by atoms with Gasteiger partial charge in [0.2, 0.25) is 0 Å². The van der Waals surface area contributed by atoms with Crippen molar-refractivity contribution >= 4 is 16.4 Å². The van der Waals surface area contributed by atoms with E-state index in [1.54, 1.807) is 0 Å². The largest absolute Gasteiger partial charge is 0.504 e. The van der Waals surface area contributed by atoms with Crippen LogP contribution in [0.3, 0.4) is 0 Å². The minimum Gasteiger partial charge on any atom is -0.504 e. The molecular weight excluding hydrogens is 256 g/mol. The molecule has 5 N–H and O–H groups in total. The molecule has 17 heavy (non-hydrogen) atoms. The Kier molecular flexibility index (Phi) is 5.38. The molecule has 0 fully saturated rings. The van der Waals surface area contributed by atoms with Crippen LogP contribution in [0.5, 0.6) is 11.5 Å². The van der Waals surface area contributed by atoms with E-state index in [4.69, 9.17) is 32.8 Å². The predicted molar refractivity (Wildman–Crippen MR) is 55.3 cm³/mol. The fourth-order valence-corrected chi connectivity index (χ4v) is 0.854. The molecule has 0 aromatic heterocycles. The zero-order valence-electron chi connectivity index (χ0n) is 8.31. The number of phenolic OH excluding ortho intramolecular Hbond substituents is 2. The number of benzene rings is 1. The summed E-state index contributed by atoms with van der Waals surface area (Å²) >= 11 is 0. The lowest BCUT2D eigenvalue weighted by Gasteiger charge is -1.99. The number of hydrogen-bond acceptors (Lipinski definition) is 5. The number of carboxylic acids is 1. The van der Waals surface area contributed by atoms with Crippen molar-refractivity contribution < 1.29 is 37.6 Å². The van der Waals surface area contributed by atoms with E-state index in [-0.39, 0.29) is 17.9 Å². The maximum Gasteiger partial charge on any atom is 0.394 e. The molecule has 0 aliphatic rings. The molecular formula is C8H10O8S. The van der Waals surface area contributed by atoms with Gasteiger partial charge in [0, 0.05) is 0 Å². The maximum atomic E-state index is 10.2. The molecule has 0 heterocycles. The molecule has 0 aliphatic carbocycles. The van der Waals surface area contributed by atoms with Crippen molar-refractivity contribution in [1.29, 1.82) is 0 Å².